The third-order valence-electron chi connectivity index (χ3n) is 11.0. The molecule has 7 heteroatoms. The van der Waals surface area contributed by atoms with Crippen molar-refractivity contribution in [3.8, 4) is 34.2 Å². The predicted molar refractivity (Wildman–Crippen MR) is 169 cm³/mol. The third kappa shape index (κ3) is 4.72. The lowest BCUT2D eigenvalue weighted by atomic mass is 9.48. The fraction of sp³-hybridized carbons (Fsp3) is 0.444. The Morgan fingerprint density at radius 3 is 1.79 bits per heavy atom. The highest BCUT2D eigenvalue weighted by atomic mass is 16.7. The molecule has 4 aromatic rings. The standard InChI is InChI=1S/C36H39BN4O2/c1-34(2)35(3,4)43-37(42-34)30-9-5-7-27(18-30)32-39-31(40-33(41-32)28-8-6-14-38-22-28)26-10-12-29(13-11-26)36-19-23-15-24(20-36)17-25(16-23)21-36/h5-14,18,22-25H,15-17,19-21H2,1-4H3. The van der Waals surface area contributed by atoms with E-state index in [1.165, 1.54) is 44.1 Å². The first-order valence-corrected chi connectivity index (χ1v) is 15.9. The quantitative estimate of drug-likeness (QED) is 0.240. The van der Waals surface area contributed by atoms with E-state index in [1.54, 1.807) is 12.4 Å². The molecule has 0 spiro atoms. The van der Waals surface area contributed by atoms with Crippen molar-refractivity contribution in [1.82, 2.24) is 19.9 Å². The summed E-state index contributed by atoms with van der Waals surface area (Å²) in [6.07, 6.45) is 12.0. The Bertz CT molecular complexity index is 1620. The average molecular weight is 571 g/mol. The highest BCUT2D eigenvalue weighted by Crippen LogP contribution is 2.60. The van der Waals surface area contributed by atoms with Crippen LogP contribution in [0.4, 0.5) is 0 Å². The molecule has 5 fully saturated rings. The van der Waals surface area contributed by atoms with Crippen LogP contribution >= 0.6 is 0 Å². The topological polar surface area (TPSA) is 70.0 Å². The molecular weight excluding hydrogens is 531 g/mol. The van der Waals surface area contributed by atoms with E-state index >= 15 is 0 Å². The highest BCUT2D eigenvalue weighted by molar-refractivity contribution is 6.62. The van der Waals surface area contributed by atoms with E-state index in [1.807, 2.05) is 30.3 Å². The summed E-state index contributed by atoms with van der Waals surface area (Å²) in [5.74, 6) is 4.67. The molecule has 0 unspecified atom stereocenters. The summed E-state index contributed by atoms with van der Waals surface area (Å²) < 4.78 is 12.7. The van der Waals surface area contributed by atoms with Gasteiger partial charge in [-0.3, -0.25) is 4.98 Å². The van der Waals surface area contributed by atoms with E-state index in [9.17, 15) is 0 Å². The fourth-order valence-electron chi connectivity index (χ4n) is 8.50. The summed E-state index contributed by atoms with van der Waals surface area (Å²) in [7, 11) is -0.457. The van der Waals surface area contributed by atoms with Gasteiger partial charge in [0.25, 0.3) is 0 Å². The summed E-state index contributed by atoms with van der Waals surface area (Å²) in [6.45, 7) is 8.29. The Hall–Kier alpha value is -3.42. The number of benzene rings is 2. The summed E-state index contributed by atoms with van der Waals surface area (Å²) in [5.41, 5.74) is 4.75. The predicted octanol–water partition coefficient (Wildman–Crippen LogP) is 7.03. The molecule has 5 aliphatic rings. The second kappa shape index (κ2) is 9.80. The number of hydrogen-bond donors (Lipinski definition) is 0. The molecule has 1 aliphatic heterocycles. The molecule has 1 saturated heterocycles. The van der Waals surface area contributed by atoms with Gasteiger partial charge in [0, 0.05) is 29.1 Å². The van der Waals surface area contributed by atoms with E-state index in [4.69, 9.17) is 24.3 Å². The molecule has 218 valence electrons. The number of pyridine rings is 1. The maximum Gasteiger partial charge on any atom is 0.494 e. The second-order valence-electron chi connectivity index (χ2n) is 14.5. The largest absolute Gasteiger partial charge is 0.494 e. The minimum atomic E-state index is -0.457. The molecule has 0 atom stereocenters. The molecule has 6 nitrogen and oxygen atoms in total. The Balaban J connectivity index is 1.16. The lowest BCUT2D eigenvalue weighted by Gasteiger charge is -2.57. The van der Waals surface area contributed by atoms with Crippen molar-refractivity contribution >= 4 is 12.6 Å². The van der Waals surface area contributed by atoms with Crippen LogP contribution in [0.2, 0.25) is 0 Å². The maximum atomic E-state index is 6.34. The monoisotopic (exact) mass is 570 g/mol. The van der Waals surface area contributed by atoms with Gasteiger partial charge in [0.05, 0.1) is 11.2 Å². The van der Waals surface area contributed by atoms with E-state index < -0.39 is 18.3 Å². The van der Waals surface area contributed by atoms with E-state index in [0.717, 1.165) is 39.9 Å². The summed E-state index contributed by atoms with van der Waals surface area (Å²) >= 11 is 0. The van der Waals surface area contributed by atoms with Crippen LogP contribution in [0, 0.1) is 17.8 Å². The number of nitrogens with zero attached hydrogens (tertiary/aromatic N) is 4. The lowest BCUT2D eigenvalue weighted by molar-refractivity contribution is -0.00518. The van der Waals surface area contributed by atoms with Crippen molar-refractivity contribution in [2.75, 3.05) is 0 Å². The van der Waals surface area contributed by atoms with Crippen LogP contribution in [0.1, 0.15) is 71.8 Å². The van der Waals surface area contributed by atoms with Gasteiger partial charge < -0.3 is 9.31 Å². The van der Waals surface area contributed by atoms with Gasteiger partial charge in [0.15, 0.2) is 17.5 Å². The van der Waals surface area contributed by atoms with Gasteiger partial charge in [-0.1, -0.05) is 48.5 Å². The van der Waals surface area contributed by atoms with Crippen molar-refractivity contribution in [1.29, 1.82) is 0 Å². The zero-order valence-corrected chi connectivity index (χ0v) is 25.6. The molecular formula is C36H39BN4O2. The van der Waals surface area contributed by atoms with E-state index in [-0.39, 0.29) is 0 Å². The number of hydrogen-bond acceptors (Lipinski definition) is 6. The molecule has 9 rings (SSSR count). The zero-order valence-electron chi connectivity index (χ0n) is 25.6. The van der Waals surface area contributed by atoms with Gasteiger partial charge in [-0.05, 0) is 113 Å². The van der Waals surface area contributed by atoms with Crippen LogP contribution < -0.4 is 5.46 Å². The molecule has 3 heterocycles. The lowest BCUT2D eigenvalue weighted by Crippen LogP contribution is -2.48. The number of aromatic nitrogens is 4. The van der Waals surface area contributed by atoms with Crippen LogP contribution in [0.25, 0.3) is 34.2 Å². The van der Waals surface area contributed by atoms with Crippen molar-refractivity contribution in [2.45, 2.75) is 82.8 Å². The Morgan fingerprint density at radius 2 is 1.21 bits per heavy atom. The maximum absolute atomic E-state index is 6.34. The fourth-order valence-corrected chi connectivity index (χ4v) is 8.50. The Morgan fingerprint density at radius 1 is 0.651 bits per heavy atom. The van der Waals surface area contributed by atoms with Crippen molar-refractivity contribution < 1.29 is 9.31 Å². The molecule has 0 amide bonds. The first-order chi connectivity index (χ1) is 20.7. The molecule has 4 saturated carbocycles. The Labute approximate surface area is 254 Å². The van der Waals surface area contributed by atoms with Gasteiger partial charge in [-0.2, -0.15) is 0 Å². The molecule has 2 aromatic heterocycles. The summed E-state index contributed by atoms with van der Waals surface area (Å²) in [4.78, 5) is 19.2. The van der Waals surface area contributed by atoms with Crippen molar-refractivity contribution in [2.24, 2.45) is 17.8 Å². The van der Waals surface area contributed by atoms with Gasteiger partial charge >= 0.3 is 7.12 Å². The normalized spacial score (nSPS) is 28.4. The zero-order chi connectivity index (χ0) is 29.4. The van der Waals surface area contributed by atoms with Gasteiger partial charge in [0.1, 0.15) is 0 Å². The van der Waals surface area contributed by atoms with Crippen LogP contribution in [0.15, 0.2) is 73.1 Å². The SMILES string of the molecule is CC1(C)OB(c2cccc(-c3nc(-c4ccc(C56CC7CC(CC(C7)C5)C6)cc4)nc(-c4cccnc4)n3)c2)OC1(C)C. The summed E-state index contributed by atoms with van der Waals surface area (Å²) in [5, 5.41) is 0. The van der Waals surface area contributed by atoms with Crippen LogP contribution in [0.5, 0.6) is 0 Å². The molecule has 4 bridgehead atoms. The smallest absolute Gasteiger partial charge is 0.399 e. The molecule has 43 heavy (non-hydrogen) atoms. The van der Waals surface area contributed by atoms with Gasteiger partial charge in [-0.15, -0.1) is 0 Å². The van der Waals surface area contributed by atoms with E-state index in [0.29, 0.717) is 22.9 Å². The minimum Gasteiger partial charge on any atom is -0.399 e. The molecule has 0 radical (unpaired) electrons. The minimum absolute atomic E-state index is 0.367. The van der Waals surface area contributed by atoms with Gasteiger partial charge in [0.2, 0.25) is 0 Å². The van der Waals surface area contributed by atoms with Gasteiger partial charge in [-0.25, -0.2) is 15.0 Å². The first kappa shape index (κ1) is 27.2. The second-order valence-corrected chi connectivity index (χ2v) is 14.5. The van der Waals surface area contributed by atoms with Crippen LogP contribution in [-0.2, 0) is 14.7 Å². The van der Waals surface area contributed by atoms with Crippen LogP contribution in [-0.4, -0.2) is 38.3 Å². The van der Waals surface area contributed by atoms with Crippen molar-refractivity contribution in [3.63, 3.8) is 0 Å². The van der Waals surface area contributed by atoms with Crippen molar-refractivity contribution in [3.05, 3.63) is 78.6 Å². The highest BCUT2D eigenvalue weighted by Gasteiger charge is 2.52. The third-order valence-corrected chi connectivity index (χ3v) is 11.0. The Kier molecular flexibility index (Phi) is 6.19. The summed E-state index contributed by atoms with van der Waals surface area (Å²) in [6, 6.07) is 21.2. The molecule has 2 aromatic carbocycles. The number of rotatable bonds is 5. The van der Waals surface area contributed by atoms with E-state index in [2.05, 4.69) is 63.0 Å². The molecule has 4 aliphatic carbocycles. The average Bonchev–Trinajstić information content (AvgIpc) is 3.23. The first-order valence-electron chi connectivity index (χ1n) is 15.9. The molecule has 0 N–H and O–H groups in total. The van der Waals surface area contributed by atoms with Crippen LogP contribution in [0.3, 0.4) is 0 Å².